The van der Waals surface area contributed by atoms with Crippen molar-refractivity contribution in [3.05, 3.63) is 12.7 Å². The molecule has 0 saturated heterocycles. The smallest absolute Gasteiger partial charge is 0.371 e. The molecule has 11 heavy (non-hydrogen) atoms. The fraction of sp³-hybridized carbons (Fsp3) is 0.400. The number of aliphatic hydroxyl groups is 2. The van der Waals surface area contributed by atoms with E-state index in [0.29, 0.717) is 0 Å². The number of hydrogen-bond acceptors (Lipinski definition) is 3. The van der Waals surface area contributed by atoms with E-state index in [1.807, 2.05) is 0 Å². The molecule has 0 aromatic heterocycles. The van der Waals surface area contributed by atoms with E-state index in [0.717, 1.165) is 0 Å². The first-order valence-electron chi connectivity index (χ1n) is 2.45. The van der Waals surface area contributed by atoms with Crippen LogP contribution < -0.4 is 0 Å². The summed E-state index contributed by atoms with van der Waals surface area (Å²) in [6, 6.07) is 0. The molecular formula is C5H6F2O4. The van der Waals surface area contributed by atoms with E-state index in [2.05, 4.69) is 6.58 Å². The van der Waals surface area contributed by atoms with Gasteiger partial charge in [0, 0.05) is 0 Å². The van der Waals surface area contributed by atoms with Crippen molar-refractivity contribution in [2.75, 3.05) is 0 Å². The van der Waals surface area contributed by atoms with Crippen molar-refractivity contribution in [1.82, 2.24) is 0 Å². The predicted molar refractivity (Wildman–Crippen MR) is 29.9 cm³/mol. The lowest BCUT2D eigenvalue weighted by Gasteiger charge is -2.23. The summed E-state index contributed by atoms with van der Waals surface area (Å²) in [5.74, 6) is -10.8. The van der Waals surface area contributed by atoms with E-state index in [4.69, 9.17) is 15.3 Å². The van der Waals surface area contributed by atoms with E-state index in [9.17, 15) is 13.6 Å². The Morgan fingerprint density at radius 2 is 1.82 bits per heavy atom. The van der Waals surface area contributed by atoms with Gasteiger partial charge in [0.25, 0.3) is 0 Å². The van der Waals surface area contributed by atoms with Crippen LogP contribution in [-0.4, -0.2) is 33.0 Å². The van der Waals surface area contributed by atoms with Gasteiger partial charge >= 0.3 is 17.7 Å². The number of carboxylic acids is 1. The topological polar surface area (TPSA) is 77.8 Å². The molecule has 0 unspecified atom stereocenters. The first-order chi connectivity index (χ1) is 4.75. The quantitative estimate of drug-likeness (QED) is 0.395. The molecule has 4 nitrogen and oxygen atoms in total. The molecule has 0 aromatic rings. The van der Waals surface area contributed by atoms with Crippen LogP contribution in [0.15, 0.2) is 12.7 Å². The van der Waals surface area contributed by atoms with Gasteiger partial charge in [-0.3, -0.25) is 0 Å². The largest absolute Gasteiger partial charge is 0.477 e. The summed E-state index contributed by atoms with van der Waals surface area (Å²) in [4.78, 5) is 9.80. The van der Waals surface area contributed by atoms with Gasteiger partial charge in [0.05, 0.1) is 0 Å². The number of rotatable bonds is 3. The van der Waals surface area contributed by atoms with Crippen molar-refractivity contribution < 1.29 is 28.9 Å². The Bertz CT molecular complexity index is 187. The first-order valence-corrected chi connectivity index (χ1v) is 2.45. The van der Waals surface area contributed by atoms with Gasteiger partial charge in [0.15, 0.2) is 0 Å². The summed E-state index contributed by atoms with van der Waals surface area (Å²) in [6.45, 7) is 2.55. The lowest BCUT2D eigenvalue weighted by Crippen LogP contribution is -2.53. The van der Waals surface area contributed by atoms with Crippen molar-refractivity contribution in [3.63, 3.8) is 0 Å². The molecule has 0 fully saturated rings. The molecular weight excluding hydrogens is 162 g/mol. The van der Waals surface area contributed by atoms with Crippen molar-refractivity contribution in [3.8, 4) is 0 Å². The van der Waals surface area contributed by atoms with Crippen LogP contribution in [0.2, 0.25) is 0 Å². The number of hydrogen-bond donors (Lipinski definition) is 3. The molecule has 0 amide bonds. The zero-order chi connectivity index (χ0) is 9.28. The van der Waals surface area contributed by atoms with Crippen molar-refractivity contribution >= 4 is 5.97 Å². The lowest BCUT2D eigenvalue weighted by molar-refractivity contribution is -0.271. The molecule has 0 aliphatic rings. The second-order valence-electron chi connectivity index (χ2n) is 1.80. The Morgan fingerprint density at radius 3 is 1.91 bits per heavy atom. The molecule has 0 aromatic carbocycles. The Balaban J connectivity index is 4.81. The third-order valence-electron chi connectivity index (χ3n) is 1.02. The van der Waals surface area contributed by atoms with Gasteiger partial charge < -0.3 is 15.3 Å². The summed E-state index contributed by atoms with van der Waals surface area (Å²) in [6.07, 6.45) is -0.152. The van der Waals surface area contributed by atoms with Crippen LogP contribution in [0.3, 0.4) is 0 Å². The van der Waals surface area contributed by atoms with E-state index in [1.165, 1.54) is 0 Å². The zero-order valence-corrected chi connectivity index (χ0v) is 5.29. The van der Waals surface area contributed by atoms with E-state index >= 15 is 0 Å². The van der Waals surface area contributed by atoms with Gasteiger partial charge in [0.1, 0.15) is 0 Å². The van der Waals surface area contributed by atoms with Crippen LogP contribution in [0, 0.1) is 0 Å². The maximum absolute atomic E-state index is 12.2. The normalized spacial score (nSPS) is 12.7. The standard InChI is InChI=1S/C5H6F2O4/c1-2-4(6,7)5(10,11)3(8)9/h2,10-11H,1H2,(H,8,9). The maximum Gasteiger partial charge on any atom is 0.371 e. The van der Waals surface area contributed by atoms with Crippen LogP contribution in [-0.2, 0) is 4.79 Å². The summed E-state index contributed by atoms with van der Waals surface area (Å²) in [7, 11) is 0. The molecule has 0 aliphatic carbocycles. The second kappa shape index (κ2) is 2.55. The molecule has 0 bridgehead atoms. The predicted octanol–water partition coefficient (Wildman–Crippen LogP) is -0.427. The Kier molecular flexibility index (Phi) is 2.32. The molecule has 0 rings (SSSR count). The van der Waals surface area contributed by atoms with Crippen molar-refractivity contribution in [1.29, 1.82) is 0 Å². The molecule has 0 spiro atoms. The number of carbonyl (C=O) groups is 1. The number of aliphatic carboxylic acids is 1. The van der Waals surface area contributed by atoms with Gasteiger partial charge in [-0.05, 0) is 6.08 Å². The van der Waals surface area contributed by atoms with Crippen molar-refractivity contribution in [2.45, 2.75) is 11.7 Å². The Hall–Kier alpha value is -1.01. The minimum Gasteiger partial charge on any atom is -0.477 e. The minimum atomic E-state index is -4.27. The second-order valence-corrected chi connectivity index (χ2v) is 1.80. The molecule has 0 saturated carbocycles. The molecule has 0 atom stereocenters. The van der Waals surface area contributed by atoms with Crippen LogP contribution >= 0.6 is 0 Å². The van der Waals surface area contributed by atoms with Crippen molar-refractivity contribution in [2.24, 2.45) is 0 Å². The highest BCUT2D eigenvalue weighted by atomic mass is 19.3. The van der Waals surface area contributed by atoms with Crippen LogP contribution in [0.25, 0.3) is 0 Å². The fourth-order valence-corrected chi connectivity index (χ4v) is 0.285. The highest BCUT2D eigenvalue weighted by Crippen LogP contribution is 2.27. The Labute approximate surface area is 60.4 Å². The monoisotopic (exact) mass is 168 g/mol. The van der Waals surface area contributed by atoms with Gasteiger partial charge in [-0.25, -0.2) is 4.79 Å². The Morgan fingerprint density at radius 1 is 1.45 bits per heavy atom. The van der Waals surface area contributed by atoms with Gasteiger partial charge in [0.2, 0.25) is 0 Å². The maximum atomic E-state index is 12.2. The van der Waals surface area contributed by atoms with E-state index in [-0.39, 0.29) is 6.08 Å². The summed E-state index contributed by atoms with van der Waals surface area (Å²) >= 11 is 0. The molecule has 0 heterocycles. The first kappa shape index (κ1) is 9.99. The minimum absolute atomic E-state index is 0.152. The van der Waals surface area contributed by atoms with Gasteiger partial charge in [-0.2, -0.15) is 8.78 Å². The number of alkyl halides is 2. The number of carboxylic acid groups (broad SMARTS) is 1. The third kappa shape index (κ3) is 1.52. The highest BCUT2D eigenvalue weighted by Gasteiger charge is 2.56. The van der Waals surface area contributed by atoms with E-state index in [1.54, 1.807) is 0 Å². The molecule has 3 N–H and O–H groups in total. The fourth-order valence-electron chi connectivity index (χ4n) is 0.285. The molecule has 0 radical (unpaired) electrons. The van der Waals surface area contributed by atoms with Crippen LogP contribution in [0.1, 0.15) is 0 Å². The summed E-state index contributed by atoms with van der Waals surface area (Å²) in [5.41, 5.74) is 0. The molecule has 6 heteroatoms. The molecule has 64 valence electrons. The van der Waals surface area contributed by atoms with Crippen LogP contribution in [0.4, 0.5) is 8.78 Å². The van der Waals surface area contributed by atoms with Gasteiger partial charge in [-0.1, -0.05) is 6.58 Å². The molecule has 0 aliphatic heterocycles. The van der Waals surface area contributed by atoms with E-state index < -0.39 is 17.7 Å². The summed E-state index contributed by atoms with van der Waals surface area (Å²) < 4.78 is 24.4. The van der Waals surface area contributed by atoms with Crippen LogP contribution in [0.5, 0.6) is 0 Å². The SMILES string of the molecule is C=CC(F)(F)C(O)(O)C(=O)O. The summed E-state index contributed by atoms with van der Waals surface area (Å²) in [5, 5.41) is 24.4. The zero-order valence-electron chi connectivity index (χ0n) is 5.29. The third-order valence-corrected chi connectivity index (χ3v) is 1.02. The highest BCUT2D eigenvalue weighted by molar-refractivity contribution is 5.76. The number of halogens is 2. The average molecular weight is 168 g/mol. The average Bonchev–Trinajstić information content (AvgIpc) is 1.87. The lowest BCUT2D eigenvalue weighted by atomic mass is 10.1. The van der Waals surface area contributed by atoms with Gasteiger partial charge in [-0.15, -0.1) is 0 Å².